The fourth-order valence-electron chi connectivity index (χ4n) is 7.20. The Labute approximate surface area is 256 Å². The van der Waals surface area contributed by atoms with Crippen LogP contribution >= 0.6 is 0 Å². The molecule has 9 rings (SSSR count). The minimum absolute atomic E-state index is 1.23. The van der Waals surface area contributed by atoms with Crippen LogP contribution in [-0.4, -0.2) is 0 Å². The Balaban J connectivity index is 1.39. The summed E-state index contributed by atoms with van der Waals surface area (Å²) >= 11 is 0. The molecule has 0 heteroatoms. The molecule has 0 aromatic heterocycles. The van der Waals surface area contributed by atoms with E-state index in [1.807, 2.05) is 0 Å². The van der Waals surface area contributed by atoms with Crippen molar-refractivity contribution in [1.82, 2.24) is 0 Å². The summed E-state index contributed by atoms with van der Waals surface area (Å²) in [6, 6.07) is 62.4. The zero-order valence-corrected chi connectivity index (χ0v) is 24.2. The molecule has 0 aliphatic heterocycles. The van der Waals surface area contributed by atoms with Gasteiger partial charge in [0.25, 0.3) is 0 Å². The monoisotopic (exact) mass is 556 g/mol. The summed E-state index contributed by atoms with van der Waals surface area (Å²) in [6.07, 6.45) is 0. The van der Waals surface area contributed by atoms with Gasteiger partial charge >= 0.3 is 0 Å². The number of fused-ring (bicyclic) bond motifs is 6. The summed E-state index contributed by atoms with van der Waals surface area (Å²) in [4.78, 5) is 0. The molecule has 0 radical (unpaired) electrons. The first-order chi connectivity index (χ1) is 21.8. The lowest BCUT2D eigenvalue weighted by molar-refractivity contribution is 1.63. The van der Waals surface area contributed by atoms with Crippen LogP contribution in [0.15, 0.2) is 170 Å². The molecule has 44 heavy (non-hydrogen) atoms. The Morgan fingerprint density at radius 1 is 0.227 bits per heavy atom. The predicted octanol–water partition coefficient (Wildman–Crippen LogP) is 12.5. The van der Waals surface area contributed by atoms with E-state index in [9.17, 15) is 0 Å². The second kappa shape index (κ2) is 9.93. The predicted molar refractivity (Wildman–Crippen MR) is 190 cm³/mol. The van der Waals surface area contributed by atoms with Gasteiger partial charge in [0, 0.05) is 0 Å². The van der Waals surface area contributed by atoms with Gasteiger partial charge in [-0.2, -0.15) is 0 Å². The molecule has 0 atom stereocenters. The lowest BCUT2D eigenvalue weighted by Gasteiger charge is -2.20. The molecule has 0 unspecified atom stereocenters. The van der Waals surface area contributed by atoms with Crippen LogP contribution in [0.25, 0.3) is 87.2 Å². The average molecular weight is 557 g/mol. The van der Waals surface area contributed by atoms with Crippen LogP contribution in [0.5, 0.6) is 0 Å². The minimum Gasteiger partial charge on any atom is -0.0622 e. The average Bonchev–Trinajstić information content (AvgIpc) is 3.10. The number of benzene rings is 9. The normalized spacial score (nSPS) is 11.6. The summed E-state index contributed by atoms with van der Waals surface area (Å²) in [5, 5.41) is 12.7. The van der Waals surface area contributed by atoms with Crippen LogP contribution in [0.4, 0.5) is 0 Å². The van der Waals surface area contributed by atoms with E-state index in [0.29, 0.717) is 0 Å². The molecule has 0 bridgehead atoms. The molecule has 0 aliphatic rings. The standard InChI is InChI=1S/C44H28/c1-2-12-29(13-3-1)41-27-31-15-4-5-16-32(31)28-42(41)44-39-20-10-8-18-37(39)43(38-19-9-11-21-40(38)44)34-24-25-36-33(26-34)23-22-30-14-6-7-17-35(30)36/h1-28H. The van der Waals surface area contributed by atoms with Gasteiger partial charge in [-0.3, -0.25) is 0 Å². The Bertz CT molecular complexity index is 2480. The zero-order chi connectivity index (χ0) is 29.0. The van der Waals surface area contributed by atoms with E-state index in [1.165, 1.54) is 87.2 Å². The van der Waals surface area contributed by atoms with Gasteiger partial charge in [0.2, 0.25) is 0 Å². The lowest BCUT2D eigenvalue weighted by atomic mass is 9.82. The third-order valence-corrected chi connectivity index (χ3v) is 9.21. The van der Waals surface area contributed by atoms with Gasteiger partial charge in [0.1, 0.15) is 0 Å². The third-order valence-electron chi connectivity index (χ3n) is 9.21. The van der Waals surface area contributed by atoms with E-state index in [4.69, 9.17) is 0 Å². The molecule has 0 nitrogen and oxygen atoms in total. The summed E-state index contributed by atoms with van der Waals surface area (Å²) in [7, 11) is 0. The van der Waals surface area contributed by atoms with Crippen LogP contribution < -0.4 is 0 Å². The first kappa shape index (κ1) is 24.8. The van der Waals surface area contributed by atoms with Gasteiger partial charge < -0.3 is 0 Å². The summed E-state index contributed by atoms with van der Waals surface area (Å²) in [5.74, 6) is 0. The third kappa shape index (κ3) is 3.85. The van der Waals surface area contributed by atoms with Gasteiger partial charge in [-0.1, -0.05) is 152 Å². The summed E-state index contributed by atoms with van der Waals surface area (Å²) < 4.78 is 0. The number of hydrogen-bond donors (Lipinski definition) is 0. The second-order valence-electron chi connectivity index (χ2n) is 11.7. The van der Waals surface area contributed by atoms with E-state index >= 15 is 0 Å². The summed E-state index contributed by atoms with van der Waals surface area (Å²) in [6.45, 7) is 0. The van der Waals surface area contributed by atoms with Gasteiger partial charge in [-0.15, -0.1) is 0 Å². The highest BCUT2D eigenvalue weighted by Gasteiger charge is 2.19. The molecule has 0 saturated heterocycles. The Kier molecular flexibility index (Phi) is 5.61. The highest BCUT2D eigenvalue weighted by molar-refractivity contribution is 6.23. The molecule has 0 fully saturated rings. The van der Waals surface area contributed by atoms with E-state index in [1.54, 1.807) is 0 Å². The fraction of sp³-hybridized carbons (Fsp3) is 0. The van der Waals surface area contributed by atoms with Crippen molar-refractivity contribution in [3.63, 3.8) is 0 Å². The second-order valence-corrected chi connectivity index (χ2v) is 11.7. The quantitative estimate of drug-likeness (QED) is 0.150. The molecule has 204 valence electrons. The van der Waals surface area contributed by atoms with E-state index in [2.05, 4.69) is 170 Å². The molecule has 0 spiro atoms. The number of hydrogen-bond acceptors (Lipinski definition) is 0. The Hall–Kier alpha value is -5.72. The Morgan fingerprint density at radius 2 is 0.705 bits per heavy atom. The van der Waals surface area contributed by atoms with Crippen molar-refractivity contribution in [3.05, 3.63) is 170 Å². The topological polar surface area (TPSA) is 0 Å². The maximum atomic E-state index is 2.40. The van der Waals surface area contributed by atoms with Gasteiger partial charge in [-0.25, -0.2) is 0 Å². The maximum Gasteiger partial charge on any atom is -0.00199 e. The van der Waals surface area contributed by atoms with Crippen LogP contribution in [0.2, 0.25) is 0 Å². The smallest absolute Gasteiger partial charge is 0.00199 e. The minimum atomic E-state index is 1.23. The van der Waals surface area contributed by atoms with Crippen LogP contribution in [0, 0.1) is 0 Å². The first-order valence-electron chi connectivity index (χ1n) is 15.3. The van der Waals surface area contributed by atoms with E-state index in [-0.39, 0.29) is 0 Å². The highest BCUT2D eigenvalue weighted by Crippen LogP contribution is 2.47. The zero-order valence-electron chi connectivity index (χ0n) is 24.2. The van der Waals surface area contributed by atoms with Crippen molar-refractivity contribution >= 4 is 53.9 Å². The molecule has 9 aromatic rings. The van der Waals surface area contributed by atoms with Crippen molar-refractivity contribution < 1.29 is 0 Å². The van der Waals surface area contributed by atoms with Crippen molar-refractivity contribution in [2.75, 3.05) is 0 Å². The highest BCUT2D eigenvalue weighted by atomic mass is 14.2. The van der Waals surface area contributed by atoms with Crippen LogP contribution in [0.1, 0.15) is 0 Å². The molecule has 0 heterocycles. The number of rotatable bonds is 3. The first-order valence-corrected chi connectivity index (χ1v) is 15.3. The maximum absolute atomic E-state index is 2.40. The molecular formula is C44H28. The molecule has 0 aliphatic carbocycles. The van der Waals surface area contributed by atoms with Crippen molar-refractivity contribution in [1.29, 1.82) is 0 Å². The van der Waals surface area contributed by atoms with Crippen LogP contribution in [0.3, 0.4) is 0 Å². The summed E-state index contributed by atoms with van der Waals surface area (Å²) in [5.41, 5.74) is 7.57. The van der Waals surface area contributed by atoms with Crippen LogP contribution in [-0.2, 0) is 0 Å². The van der Waals surface area contributed by atoms with Gasteiger partial charge in [-0.05, 0) is 105 Å². The molecule has 9 aromatic carbocycles. The largest absolute Gasteiger partial charge is 0.0622 e. The van der Waals surface area contributed by atoms with Crippen molar-refractivity contribution in [3.8, 4) is 33.4 Å². The van der Waals surface area contributed by atoms with Gasteiger partial charge in [0.15, 0.2) is 0 Å². The van der Waals surface area contributed by atoms with Crippen molar-refractivity contribution in [2.24, 2.45) is 0 Å². The van der Waals surface area contributed by atoms with E-state index < -0.39 is 0 Å². The molecular weight excluding hydrogens is 528 g/mol. The SMILES string of the molecule is c1ccc(-c2cc3ccccc3cc2-c2c3ccccc3c(-c3ccc4c(ccc5ccccc54)c3)c3ccccc23)cc1. The Morgan fingerprint density at radius 3 is 1.36 bits per heavy atom. The van der Waals surface area contributed by atoms with E-state index in [0.717, 1.165) is 0 Å². The fourth-order valence-corrected chi connectivity index (χ4v) is 7.20. The van der Waals surface area contributed by atoms with Crippen molar-refractivity contribution in [2.45, 2.75) is 0 Å². The lowest BCUT2D eigenvalue weighted by Crippen LogP contribution is -1.93. The molecule has 0 saturated carbocycles. The molecule has 0 amide bonds. The molecule has 0 N–H and O–H groups in total. The van der Waals surface area contributed by atoms with Gasteiger partial charge in [0.05, 0.1) is 0 Å².